The van der Waals surface area contributed by atoms with Crippen LogP contribution < -0.4 is 5.32 Å². The van der Waals surface area contributed by atoms with Gasteiger partial charge in [0.25, 0.3) is 0 Å². The lowest BCUT2D eigenvalue weighted by Crippen LogP contribution is -2.48. The standard InChI is InChI=1S/C7H13N2O2S/c1-3-10-5-7(8-1)9-2-4-11-6-12-9/h7H,1-6H2. The van der Waals surface area contributed by atoms with Crippen LogP contribution in [0.5, 0.6) is 0 Å². The Morgan fingerprint density at radius 3 is 3.00 bits per heavy atom. The molecule has 0 spiro atoms. The van der Waals surface area contributed by atoms with Crippen LogP contribution in [-0.2, 0) is 9.47 Å². The number of ether oxygens (including phenoxy) is 2. The van der Waals surface area contributed by atoms with Crippen molar-refractivity contribution in [2.75, 3.05) is 38.8 Å². The van der Waals surface area contributed by atoms with Crippen LogP contribution in [0.3, 0.4) is 0 Å². The highest BCUT2D eigenvalue weighted by molar-refractivity contribution is 7.96. The molecule has 0 aromatic rings. The van der Waals surface area contributed by atoms with E-state index < -0.39 is 0 Å². The first-order chi connectivity index (χ1) is 5.97. The topological polar surface area (TPSA) is 35.8 Å². The molecule has 2 saturated heterocycles. The number of hydrogen-bond donors (Lipinski definition) is 0. The van der Waals surface area contributed by atoms with E-state index >= 15 is 0 Å². The summed E-state index contributed by atoms with van der Waals surface area (Å²) in [5.41, 5.74) is 0. The summed E-state index contributed by atoms with van der Waals surface area (Å²) in [5.74, 6) is 0.756. The first-order valence-corrected chi connectivity index (χ1v) is 5.13. The van der Waals surface area contributed by atoms with Crippen LogP contribution in [0, 0.1) is 0 Å². The second-order valence-corrected chi connectivity index (χ2v) is 3.72. The van der Waals surface area contributed by atoms with Gasteiger partial charge >= 0.3 is 0 Å². The molecule has 12 heavy (non-hydrogen) atoms. The largest absolute Gasteiger partial charge is 0.377 e. The van der Waals surface area contributed by atoms with Crippen LogP contribution >= 0.6 is 11.9 Å². The normalized spacial score (nSPS) is 33.5. The summed E-state index contributed by atoms with van der Waals surface area (Å²) in [7, 11) is 0. The van der Waals surface area contributed by atoms with Gasteiger partial charge in [0, 0.05) is 13.1 Å². The molecule has 0 aliphatic carbocycles. The summed E-state index contributed by atoms with van der Waals surface area (Å²) in [6.45, 7) is 4.14. The zero-order chi connectivity index (χ0) is 8.23. The minimum atomic E-state index is 0.257. The van der Waals surface area contributed by atoms with Crippen molar-refractivity contribution in [2.45, 2.75) is 6.17 Å². The molecule has 0 aromatic heterocycles. The summed E-state index contributed by atoms with van der Waals surface area (Å²) in [5, 5.41) is 4.48. The molecular formula is C7H13N2O2S. The molecule has 0 aromatic carbocycles. The van der Waals surface area contributed by atoms with E-state index in [1.807, 2.05) is 0 Å². The van der Waals surface area contributed by atoms with E-state index in [9.17, 15) is 0 Å². The molecule has 2 aliphatic rings. The average molecular weight is 189 g/mol. The van der Waals surface area contributed by atoms with Crippen molar-refractivity contribution in [2.24, 2.45) is 0 Å². The zero-order valence-electron chi connectivity index (χ0n) is 6.94. The fourth-order valence-corrected chi connectivity index (χ4v) is 2.13. The first kappa shape index (κ1) is 8.77. The van der Waals surface area contributed by atoms with E-state index in [0.29, 0.717) is 0 Å². The predicted molar refractivity (Wildman–Crippen MR) is 46.7 cm³/mol. The van der Waals surface area contributed by atoms with Gasteiger partial charge in [-0.15, -0.1) is 0 Å². The van der Waals surface area contributed by atoms with Crippen LogP contribution in [0.4, 0.5) is 0 Å². The maximum absolute atomic E-state index is 5.35. The lowest BCUT2D eigenvalue weighted by Gasteiger charge is -2.34. The van der Waals surface area contributed by atoms with Gasteiger partial charge in [-0.1, -0.05) is 0 Å². The lowest BCUT2D eigenvalue weighted by molar-refractivity contribution is 0.0259. The second-order valence-electron chi connectivity index (χ2n) is 2.76. The maximum Gasteiger partial charge on any atom is 0.109 e. The van der Waals surface area contributed by atoms with Crippen molar-refractivity contribution in [3.63, 3.8) is 0 Å². The lowest BCUT2D eigenvalue weighted by atomic mass is 10.4. The van der Waals surface area contributed by atoms with Crippen molar-refractivity contribution in [3.05, 3.63) is 0 Å². The monoisotopic (exact) mass is 189 g/mol. The Morgan fingerprint density at radius 1 is 1.33 bits per heavy atom. The van der Waals surface area contributed by atoms with E-state index in [4.69, 9.17) is 9.47 Å². The van der Waals surface area contributed by atoms with Crippen molar-refractivity contribution in [1.82, 2.24) is 9.62 Å². The van der Waals surface area contributed by atoms with E-state index in [1.165, 1.54) is 0 Å². The minimum absolute atomic E-state index is 0.257. The quantitative estimate of drug-likeness (QED) is 0.539. The SMILES string of the molecule is C1COCC(N2CCOCS2)[N]1. The van der Waals surface area contributed by atoms with E-state index in [2.05, 4.69) is 9.62 Å². The third-order valence-electron chi connectivity index (χ3n) is 1.93. The molecule has 0 bridgehead atoms. The summed E-state index contributed by atoms with van der Waals surface area (Å²) in [4.78, 5) is 0. The fourth-order valence-electron chi connectivity index (χ4n) is 1.30. The minimum Gasteiger partial charge on any atom is -0.377 e. The molecule has 2 heterocycles. The Hall–Kier alpha value is 0.190. The molecule has 2 rings (SSSR count). The number of rotatable bonds is 1. The van der Waals surface area contributed by atoms with Crippen LogP contribution in [-0.4, -0.2) is 49.3 Å². The van der Waals surface area contributed by atoms with Gasteiger partial charge in [-0.3, -0.25) is 0 Å². The van der Waals surface area contributed by atoms with Gasteiger partial charge in [0.2, 0.25) is 0 Å². The predicted octanol–water partition coefficient (Wildman–Crippen LogP) is -0.115. The molecule has 2 fully saturated rings. The molecule has 2 aliphatic heterocycles. The Morgan fingerprint density at radius 2 is 2.33 bits per heavy atom. The third-order valence-corrected chi connectivity index (χ3v) is 2.96. The second kappa shape index (κ2) is 4.43. The smallest absolute Gasteiger partial charge is 0.109 e. The Labute approximate surface area is 76.7 Å². The summed E-state index contributed by atoms with van der Waals surface area (Å²) < 4.78 is 12.8. The molecule has 0 amide bonds. The Kier molecular flexibility index (Phi) is 3.24. The molecule has 4 nitrogen and oxygen atoms in total. The highest BCUT2D eigenvalue weighted by atomic mass is 32.2. The van der Waals surface area contributed by atoms with Crippen LogP contribution in [0.1, 0.15) is 0 Å². The maximum atomic E-state index is 5.35. The molecule has 5 heteroatoms. The molecule has 1 atom stereocenters. The van der Waals surface area contributed by atoms with Gasteiger partial charge in [0.15, 0.2) is 0 Å². The van der Waals surface area contributed by atoms with Gasteiger partial charge in [-0.05, 0) is 11.9 Å². The molecule has 1 unspecified atom stereocenters. The Balaban J connectivity index is 1.80. The van der Waals surface area contributed by atoms with Gasteiger partial charge in [0.1, 0.15) is 12.1 Å². The fraction of sp³-hybridized carbons (Fsp3) is 1.00. The van der Waals surface area contributed by atoms with E-state index in [0.717, 1.165) is 38.8 Å². The van der Waals surface area contributed by atoms with Gasteiger partial charge in [-0.25, -0.2) is 9.62 Å². The van der Waals surface area contributed by atoms with Gasteiger partial charge < -0.3 is 9.47 Å². The number of hydrogen-bond acceptors (Lipinski definition) is 4. The summed E-state index contributed by atoms with van der Waals surface area (Å²) >= 11 is 1.71. The van der Waals surface area contributed by atoms with Crippen LogP contribution in [0.25, 0.3) is 0 Å². The van der Waals surface area contributed by atoms with Crippen molar-refractivity contribution in [1.29, 1.82) is 0 Å². The van der Waals surface area contributed by atoms with Crippen molar-refractivity contribution in [3.8, 4) is 0 Å². The first-order valence-electron chi connectivity index (χ1n) is 4.18. The highest BCUT2D eigenvalue weighted by Gasteiger charge is 2.24. The van der Waals surface area contributed by atoms with Gasteiger partial charge in [0.05, 0.1) is 19.8 Å². The summed E-state index contributed by atoms with van der Waals surface area (Å²) in [6, 6.07) is 0. The highest BCUT2D eigenvalue weighted by Crippen LogP contribution is 2.18. The van der Waals surface area contributed by atoms with Crippen molar-refractivity contribution < 1.29 is 9.47 Å². The van der Waals surface area contributed by atoms with Crippen LogP contribution in [0.2, 0.25) is 0 Å². The molecule has 0 N–H and O–H groups in total. The zero-order valence-corrected chi connectivity index (χ0v) is 7.76. The van der Waals surface area contributed by atoms with E-state index in [-0.39, 0.29) is 6.17 Å². The molecule has 69 valence electrons. The summed E-state index contributed by atoms with van der Waals surface area (Å²) in [6.07, 6.45) is 0.257. The molecule has 1 radical (unpaired) electrons. The Bertz CT molecular complexity index is 119. The van der Waals surface area contributed by atoms with Gasteiger partial charge in [-0.2, -0.15) is 0 Å². The molecular weight excluding hydrogens is 176 g/mol. The number of morpholine rings is 1. The van der Waals surface area contributed by atoms with Crippen molar-refractivity contribution >= 4 is 11.9 Å². The third kappa shape index (κ3) is 2.11. The number of nitrogens with zero attached hydrogens (tertiary/aromatic N) is 2. The average Bonchev–Trinajstić information content (AvgIpc) is 2.21. The van der Waals surface area contributed by atoms with E-state index in [1.54, 1.807) is 11.9 Å². The van der Waals surface area contributed by atoms with Crippen LogP contribution in [0.15, 0.2) is 0 Å². The molecule has 0 saturated carbocycles.